The van der Waals surface area contributed by atoms with Crippen molar-refractivity contribution in [3.63, 3.8) is 0 Å². The minimum Gasteiger partial charge on any atom is -0.399 e. The van der Waals surface area contributed by atoms with Crippen LogP contribution in [0.5, 0.6) is 0 Å². The van der Waals surface area contributed by atoms with Crippen molar-refractivity contribution >= 4 is 17.3 Å². The molecule has 3 heteroatoms. The second kappa shape index (κ2) is 4.86. The number of hydrogen-bond donors (Lipinski definition) is 2. The van der Waals surface area contributed by atoms with E-state index in [4.69, 9.17) is 17.3 Å². The third-order valence-electron chi connectivity index (χ3n) is 1.96. The zero-order chi connectivity index (χ0) is 11.5. The zero-order valence-corrected chi connectivity index (χ0v) is 10.4. The summed E-state index contributed by atoms with van der Waals surface area (Å²) in [6.45, 7) is 8.38. The van der Waals surface area contributed by atoms with Gasteiger partial charge in [0, 0.05) is 23.8 Å². The Hall–Kier alpha value is -0.730. The van der Waals surface area contributed by atoms with Crippen molar-refractivity contribution in [2.45, 2.75) is 27.3 Å². The molecule has 15 heavy (non-hydrogen) atoms. The number of nitrogens with one attached hydrogen (secondary N) is 1. The van der Waals surface area contributed by atoms with E-state index in [-0.39, 0.29) is 0 Å². The first kappa shape index (κ1) is 12.3. The van der Waals surface area contributed by atoms with Crippen molar-refractivity contribution in [3.05, 3.63) is 28.8 Å². The van der Waals surface area contributed by atoms with E-state index >= 15 is 0 Å². The van der Waals surface area contributed by atoms with Gasteiger partial charge in [-0.3, -0.25) is 0 Å². The van der Waals surface area contributed by atoms with Crippen LogP contribution in [0.15, 0.2) is 18.2 Å². The SMILES string of the molecule is CC(C)(C)CNCc1cc(N)cc(Cl)c1. The van der Waals surface area contributed by atoms with Gasteiger partial charge in [-0.25, -0.2) is 0 Å². The molecule has 2 nitrogen and oxygen atoms in total. The third kappa shape index (κ3) is 5.05. The highest BCUT2D eigenvalue weighted by Crippen LogP contribution is 2.17. The van der Waals surface area contributed by atoms with Gasteiger partial charge in [-0.1, -0.05) is 32.4 Å². The molecule has 0 aliphatic carbocycles. The standard InChI is InChI=1S/C12H19ClN2/c1-12(2,3)8-15-7-9-4-10(13)6-11(14)5-9/h4-6,15H,7-8,14H2,1-3H3. The maximum atomic E-state index is 5.91. The Morgan fingerprint density at radius 3 is 2.47 bits per heavy atom. The van der Waals surface area contributed by atoms with E-state index in [9.17, 15) is 0 Å². The molecule has 0 spiro atoms. The lowest BCUT2D eigenvalue weighted by Gasteiger charge is -2.18. The summed E-state index contributed by atoms with van der Waals surface area (Å²) in [5.74, 6) is 0. The molecule has 0 amide bonds. The van der Waals surface area contributed by atoms with E-state index in [0.29, 0.717) is 10.4 Å². The van der Waals surface area contributed by atoms with Crippen molar-refractivity contribution in [2.75, 3.05) is 12.3 Å². The number of nitrogens with two attached hydrogens (primary N) is 1. The van der Waals surface area contributed by atoms with Gasteiger partial charge in [-0.05, 0) is 29.2 Å². The second-order valence-corrected chi connectivity index (χ2v) is 5.49. The van der Waals surface area contributed by atoms with Crippen LogP contribution >= 0.6 is 11.6 Å². The Kier molecular flexibility index (Phi) is 4.00. The fourth-order valence-corrected chi connectivity index (χ4v) is 1.63. The van der Waals surface area contributed by atoms with Crippen LogP contribution in [0.1, 0.15) is 26.3 Å². The average Bonchev–Trinajstić information content (AvgIpc) is 1.99. The van der Waals surface area contributed by atoms with Crippen molar-refractivity contribution in [2.24, 2.45) is 5.41 Å². The maximum absolute atomic E-state index is 5.91. The summed E-state index contributed by atoms with van der Waals surface area (Å²) in [6, 6.07) is 5.64. The lowest BCUT2D eigenvalue weighted by atomic mass is 9.97. The lowest BCUT2D eigenvalue weighted by molar-refractivity contribution is 0.379. The molecule has 0 saturated heterocycles. The first-order valence-electron chi connectivity index (χ1n) is 5.12. The largest absolute Gasteiger partial charge is 0.399 e. The number of halogens is 1. The highest BCUT2D eigenvalue weighted by Gasteiger charge is 2.08. The molecule has 84 valence electrons. The lowest BCUT2D eigenvalue weighted by Crippen LogP contribution is -2.26. The summed E-state index contributed by atoms with van der Waals surface area (Å²) >= 11 is 5.91. The topological polar surface area (TPSA) is 38.0 Å². The van der Waals surface area contributed by atoms with Gasteiger partial charge in [0.15, 0.2) is 0 Å². The normalized spacial score (nSPS) is 11.7. The predicted octanol–water partition coefficient (Wildman–Crippen LogP) is 3.06. The first-order valence-corrected chi connectivity index (χ1v) is 5.50. The number of rotatable bonds is 3. The molecule has 1 aromatic carbocycles. The van der Waals surface area contributed by atoms with Gasteiger partial charge in [0.25, 0.3) is 0 Å². The summed E-state index contributed by atoms with van der Waals surface area (Å²) < 4.78 is 0. The third-order valence-corrected chi connectivity index (χ3v) is 2.18. The molecule has 0 radical (unpaired) electrons. The van der Waals surface area contributed by atoms with E-state index in [2.05, 4.69) is 26.1 Å². The Labute approximate surface area is 96.8 Å². The van der Waals surface area contributed by atoms with Gasteiger partial charge < -0.3 is 11.1 Å². The molecule has 0 atom stereocenters. The molecule has 3 N–H and O–H groups in total. The molecule has 0 fully saturated rings. The van der Waals surface area contributed by atoms with Crippen LogP contribution < -0.4 is 11.1 Å². The van der Waals surface area contributed by atoms with E-state index in [0.717, 1.165) is 24.3 Å². The fraction of sp³-hybridized carbons (Fsp3) is 0.500. The van der Waals surface area contributed by atoms with Crippen LogP contribution in [0.2, 0.25) is 5.02 Å². The number of nitrogen functional groups attached to an aromatic ring is 1. The number of hydrogen-bond acceptors (Lipinski definition) is 2. The average molecular weight is 227 g/mol. The smallest absolute Gasteiger partial charge is 0.0429 e. The molecule has 0 aromatic heterocycles. The molecule has 1 rings (SSSR count). The van der Waals surface area contributed by atoms with Crippen molar-refractivity contribution < 1.29 is 0 Å². The molecule has 1 aromatic rings. The Bertz CT molecular complexity index is 309. The van der Waals surface area contributed by atoms with Crippen LogP contribution in [0.4, 0.5) is 5.69 Å². The quantitative estimate of drug-likeness (QED) is 0.778. The molecule has 0 heterocycles. The maximum Gasteiger partial charge on any atom is 0.0429 e. The monoisotopic (exact) mass is 226 g/mol. The highest BCUT2D eigenvalue weighted by atomic mass is 35.5. The van der Waals surface area contributed by atoms with Crippen LogP contribution in [0.3, 0.4) is 0 Å². The van der Waals surface area contributed by atoms with E-state index in [1.165, 1.54) is 0 Å². The minimum absolute atomic E-state index is 0.296. The van der Waals surface area contributed by atoms with Crippen molar-refractivity contribution in [1.82, 2.24) is 5.32 Å². The summed E-state index contributed by atoms with van der Waals surface area (Å²) in [5, 5.41) is 4.08. The van der Waals surface area contributed by atoms with Gasteiger partial charge in [0.1, 0.15) is 0 Å². The molecule has 0 saturated carbocycles. The fourth-order valence-electron chi connectivity index (χ4n) is 1.36. The van der Waals surface area contributed by atoms with Crippen LogP contribution in [-0.4, -0.2) is 6.54 Å². The summed E-state index contributed by atoms with van der Waals surface area (Å²) in [5.41, 5.74) is 7.85. The van der Waals surface area contributed by atoms with E-state index in [1.54, 1.807) is 6.07 Å². The Morgan fingerprint density at radius 2 is 1.93 bits per heavy atom. The Morgan fingerprint density at radius 1 is 1.27 bits per heavy atom. The summed E-state index contributed by atoms with van der Waals surface area (Å²) in [4.78, 5) is 0. The summed E-state index contributed by atoms with van der Waals surface area (Å²) in [7, 11) is 0. The number of anilines is 1. The van der Waals surface area contributed by atoms with Crippen LogP contribution in [-0.2, 0) is 6.54 Å². The van der Waals surface area contributed by atoms with Crippen molar-refractivity contribution in [1.29, 1.82) is 0 Å². The van der Waals surface area contributed by atoms with E-state index < -0.39 is 0 Å². The van der Waals surface area contributed by atoms with Crippen LogP contribution in [0, 0.1) is 5.41 Å². The Balaban J connectivity index is 2.51. The number of benzene rings is 1. The molecule has 0 aliphatic heterocycles. The van der Waals surface area contributed by atoms with Gasteiger partial charge in [0.05, 0.1) is 0 Å². The van der Waals surface area contributed by atoms with Gasteiger partial charge in [0.2, 0.25) is 0 Å². The van der Waals surface area contributed by atoms with Gasteiger partial charge >= 0.3 is 0 Å². The van der Waals surface area contributed by atoms with Crippen molar-refractivity contribution in [3.8, 4) is 0 Å². The van der Waals surface area contributed by atoms with Gasteiger partial charge in [-0.15, -0.1) is 0 Å². The molecule has 0 bridgehead atoms. The molecule has 0 aliphatic rings. The minimum atomic E-state index is 0.296. The summed E-state index contributed by atoms with van der Waals surface area (Å²) in [6.07, 6.45) is 0. The highest BCUT2D eigenvalue weighted by molar-refractivity contribution is 6.30. The first-order chi connectivity index (χ1) is 6.87. The second-order valence-electron chi connectivity index (χ2n) is 5.06. The van der Waals surface area contributed by atoms with E-state index in [1.807, 2.05) is 12.1 Å². The van der Waals surface area contributed by atoms with Gasteiger partial charge in [-0.2, -0.15) is 0 Å². The predicted molar refractivity (Wildman–Crippen MR) is 67.0 cm³/mol. The molecular weight excluding hydrogens is 208 g/mol. The zero-order valence-electron chi connectivity index (χ0n) is 9.60. The molecule has 0 unspecified atom stereocenters. The molecular formula is C12H19ClN2. The van der Waals surface area contributed by atoms with Crippen LogP contribution in [0.25, 0.3) is 0 Å².